The predicted octanol–water partition coefficient (Wildman–Crippen LogP) is 6.81. The molecular formula is C34H29O2P. The maximum Gasteiger partial charge on any atom is 0.233 e. The summed E-state index contributed by atoms with van der Waals surface area (Å²) in [5, 5.41) is 4.19. The van der Waals surface area contributed by atoms with Gasteiger partial charge in [-0.15, -0.1) is 0 Å². The maximum atomic E-state index is 12.0. The van der Waals surface area contributed by atoms with Gasteiger partial charge in [-0.05, 0) is 37.7 Å². The van der Waals surface area contributed by atoms with Gasteiger partial charge >= 0.3 is 0 Å². The molecule has 0 amide bonds. The quantitative estimate of drug-likeness (QED) is 0.146. The fourth-order valence-corrected chi connectivity index (χ4v) is 6.16. The first kappa shape index (κ1) is 25.9. The summed E-state index contributed by atoms with van der Waals surface area (Å²) in [5.74, 6) is -0.919. The van der Waals surface area contributed by atoms with E-state index in [0.717, 1.165) is 11.1 Å². The van der Waals surface area contributed by atoms with E-state index in [1.165, 1.54) is 15.9 Å². The molecular weight excluding hydrogens is 471 g/mol. The van der Waals surface area contributed by atoms with Crippen LogP contribution in [0.25, 0.3) is 0 Å². The maximum absolute atomic E-state index is 12.0. The molecule has 0 unspecified atom stereocenters. The van der Waals surface area contributed by atoms with Gasteiger partial charge in [-0.2, -0.15) is 0 Å². The molecule has 0 fully saturated rings. The van der Waals surface area contributed by atoms with Gasteiger partial charge in [-0.3, -0.25) is 9.59 Å². The first-order chi connectivity index (χ1) is 18.0. The van der Waals surface area contributed by atoms with Crippen LogP contribution in [0, 0.1) is 13.8 Å². The Balaban J connectivity index is 0.000000173. The van der Waals surface area contributed by atoms with Crippen LogP contribution in [0.2, 0.25) is 0 Å². The molecule has 0 N–H and O–H groups in total. The van der Waals surface area contributed by atoms with E-state index in [2.05, 4.69) is 91.0 Å². The van der Waals surface area contributed by atoms with Crippen molar-refractivity contribution < 1.29 is 9.59 Å². The Morgan fingerprint density at radius 1 is 0.405 bits per heavy atom. The molecule has 0 spiro atoms. The number of hydrogen-bond acceptors (Lipinski definition) is 2. The number of carbonyl (C=O) groups is 2. The molecule has 0 aliphatic carbocycles. The molecule has 0 aliphatic rings. The Kier molecular flexibility index (Phi) is 8.92. The van der Waals surface area contributed by atoms with E-state index in [-0.39, 0.29) is 0 Å². The van der Waals surface area contributed by atoms with Gasteiger partial charge in [0, 0.05) is 11.1 Å². The van der Waals surface area contributed by atoms with Gasteiger partial charge in [0.25, 0.3) is 0 Å². The number of Topliss-reactive ketones (excluding diaryl/α,β-unsaturated/α-hetero) is 2. The minimum absolute atomic E-state index is 0.436. The second-order valence-corrected chi connectivity index (χ2v) is 11.0. The molecule has 0 atom stereocenters. The lowest BCUT2D eigenvalue weighted by atomic mass is 10.00. The topological polar surface area (TPSA) is 34.1 Å². The Morgan fingerprint density at radius 3 is 0.946 bits per heavy atom. The van der Waals surface area contributed by atoms with Crippen LogP contribution in [0.1, 0.15) is 31.8 Å². The molecule has 5 aromatic carbocycles. The van der Waals surface area contributed by atoms with E-state index in [1.54, 1.807) is 24.3 Å². The summed E-state index contributed by atoms with van der Waals surface area (Å²) in [5.41, 5.74) is 3.00. The van der Waals surface area contributed by atoms with Crippen LogP contribution < -0.4 is 15.9 Å². The molecule has 5 aromatic rings. The van der Waals surface area contributed by atoms with Crippen LogP contribution in [0.15, 0.2) is 140 Å². The third-order valence-corrected chi connectivity index (χ3v) is 8.32. The molecule has 37 heavy (non-hydrogen) atoms. The zero-order chi connectivity index (χ0) is 26.0. The van der Waals surface area contributed by atoms with E-state index in [4.69, 9.17) is 0 Å². The molecule has 2 nitrogen and oxygen atoms in total. The summed E-state index contributed by atoms with van der Waals surface area (Å²) in [4.78, 5) is 24.0. The molecule has 0 aromatic heterocycles. The molecule has 0 bridgehead atoms. The molecule has 5 rings (SSSR count). The number of rotatable bonds is 6. The molecule has 0 radical (unpaired) electrons. The molecule has 0 saturated heterocycles. The predicted molar refractivity (Wildman–Crippen MR) is 156 cm³/mol. The number of benzene rings is 5. The average molecular weight is 501 g/mol. The molecule has 3 heteroatoms. The van der Waals surface area contributed by atoms with E-state index in [1.807, 2.05) is 38.1 Å². The number of ketones is 2. The molecule has 0 saturated carbocycles. The minimum Gasteiger partial charge on any atom is -0.285 e. The summed E-state index contributed by atoms with van der Waals surface area (Å²) >= 11 is 0. The van der Waals surface area contributed by atoms with Gasteiger partial charge in [0.1, 0.15) is 0 Å². The number of aryl methyl sites for hydroxylation is 2. The third kappa shape index (κ3) is 6.97. The van der Waals surface area contributed by atoms with Crippen LogP contribution in [0.4, 0.5) is 0 Å². The van der Waals surface area contributed by atoms with Crippen molar-refractivity contribution in [2.24, 2.45) is 0 Å². The van der Waals surface area contributed by atoms with Gasteiger partial charge in [-0.1, -0.05) is 151 Å². The van der Waals surface area contributed by atoms with E-state index >= 15 is 0 Å². The molecule has 0 aliphatic heterocycles. The van der Waals surface area contributed by atoms with Crippen LogP contribution in [-0.4, -0.2) is 11.6 Å². The lowest BCUT2D eigenvalue weighted by Crippen LogP contribution is -2.20. The number of hydrogen-bond donors (Lipinski definition) is 0. The van der Waals surface area contributed by atoms with E-state index in [0.29, 0.717) is 11.1 Å². The van der Waals surface area contributed by atoms with Gasteiger partial charge in [0.15, 0.2) is 0 Å². The molecule has 182 valence electrons. The highest BCUT2D eigenvalue weighted by atomic mass is 31.1. The van der Waals surface area contributed by atoms with Crippen molar-refractivity contribution in [3.05, 3.63) is 162 Å². The Labute approximate surface area is 220 Å². The van der Waals surface area contributed by atoms with Gasteiger partial charge in [0.2, 0.25) is 11.6 Å². The highest BCUT2D eigenvalue weighted by molar-refractivity contribution is 7.79. The van der Waals surface area contributed by atoms with Gasteiger partial charge in [0.05, 0.1) is 0 Å². The van der Waals surface area contributed by atoms with E-state index in [9.17, 15) is 9.59 Å². The smallest absolute Gasteiger partial charge is 0.233 e. The summed E-state index contributed by atoms with van der Waals surface area (Å²) in [6.45, 7) is 3.88. The van der Waals surface area contributed by atoms with Gasteiger partial charge in [-0.25, -0.2) is 0 Å². The van der Waals surface area contributed by atoms with Crippen molar-refractivity contribution >= 4 is 35.4 Å². The fraction of sp³-hybridized carbons (Fsp3) is 0.0588. The Morgan fingerprint density at radius 2 is 0.676 bits per heavy atom. The lowest BCUT2D eigenvalue weighted by molar-refractivity contribution is 0.0817. The Hall–Kier alpha value is -4.13. The lowest BCUT2D eigenvalue weighted by Gasteiger charge is -2.18. The zero-order valence-electron chi connectivity index (χ0n) is 21.0. The van der Waals surface area contributed by atoms with Crippen molar-refractivity contribution in [1.29, 1.82) is 0 Å². The zero-order valence-corrected chi connectivity index (χ0v) is 21.9. The van der Waals surface area contributed by atoms with Crippen molar-refractivity contribution in [2.75, 3.05) is 0 Å². The van der Waals surface area contributed by atoms with Crippen LogP contribution in [-0.2, 0) is 0 Å². The fourth-order valence-electron chi connectivity index (χ4n) is 3.85. The average Bonchev–Trinajstić information content (AvgIpc) is 2.95. The minimum atomic E-state index is -0.459. The Bertz CT molecular complexity index is 1280. The first-order valence-electron chi connectivity index (χ1n) is 12.2. The summed E-state index contributed by atoms with van der Waals surface area (Å²) in [6, 6.07) is 46.4. The summed E-state index contributed by atoms with van der Waals surface area (Å²) < 4.78 is 0. The molecule has 0 heterocycles. The second-order valence-electron chi connectivity index (χ2n) is 8.73. The number of carbonyl (C=O) groups excluding carboxylic acids is 2. The van der Waals surface area contributed by atoms with Crippen molar-refractivity contribution in [3.63, 3.8) is 0 Å². The summed E-state index contributed by atoms with van der Waals surface area (Å²) in [6.07, 6.45) is 0. The monoisotopic (exact) mass is 500 g/mol. The van der Waals surface area contributed by atoms with Crippen molar-refractivity contribution in [3.8, 4) is 0 Å². The second kappa shape index (κ2) is 12.7. The van der Waals surface area contributed by atoms with Crippen molar-refractivity contribution in [2.45, 2.75) is 13.8 Å². The normalized spacial score (nSPS) is 10.4. The highest BCUT2D eigenvalue weighted by Crippen LogP contribution is 2.32. The van der Waals surface area contributed by atoms with Gasteiger partial charge < -0.3 is 0 Å². The largest absolute Gasteiger partial charge is 0.285 e. The first-order valence-corrected chi connectivity index (χ1v) is 13.5. The van der Waals surface area contributed by atoms with Crippen molar-refractivity contribution in [1.82, 2.24) is 0 Å². The van der Waals surface area contributed by atoms with Crippen LogP contribution in [0.5, 0.6) is 0 Å². The van der Waals surface area contributed by atoms with E-state index < -0.39 is 19.5 Å². The SMILES string of the molecule is Cc1ccc(C(=O)C(=O)c2ccc(C)cc2)cc1.c1ccc(P(c2ccccc2)c2ccccc2)cc1. The van der Waals surface area contributed by atoms with Crippen LogP contribution >= 0.6 is 7.92 Å². The third-order valence-electron chi connectivity index (χ3n) is 5.88. The highest BCUT2D eigenvalue weighted by Gasteiger charge is 2.18. The standard InChI is InChI=1S/C18H15P.C16H14O2/c1-4-10-16(11-5-1)19(17-12-6-2-7-13-17)18-14-8-3-9-15-18;1-11-3-7-13(8-4-11)15(17)16(18)14-9-5-12(2)6-10-14/h1-15H;3-10H,1-2H3. The summed E-state index contributed by atoms with van der Waals surface area (Å²) in [7, 11) is -0.446. The van der Waals surface area contributed by atoms with Crippen LogP contribution in [0.3, 0.4) is 0 Å².